The minimum atomic E-state index is -0.337. The Balaban J connectivity index is 2.63. The minimum absolute atomic E-state index is 0.0913. The number of nitro benzene ring substituents is 1. The van der Waals surface area contributed by atoms with E-state index in [-0.39, 0.29) is 16.7 Å². The first kappa shape index (κ1) is 9.92. The molecular formula is C10H13N3O2. The second-order valence-corrected chi connectivity index (χ2v) is 3.75. The molecule has 0 spiro atoms. The fraction of sp³-hybridized carbons (Fsp3) is 0.400. The summed E-state index contributed by atoms with van der Waals surface area (Å²) >= 11 is 0. The summed E-state index contributed by atoms with van der Waals surface area (Å²) in [5.41, 5.74) is 8.33. The van der Waals surface area contributed by atoms with Crippen molar-refractivity contribution in [3.05, 3.63) is 33.4 Å². The summed E-state index contributed by atoms with van der Waals surface area (Å²) in [6, 6.07) is 3.20. The fourth-order valence-electron chi connectivity index (χ4n) is 2.13. The lowest BCUT2D eigenvalue weighted by Crippen LogP contribution is -2.29. The number of hydrogen-bond donors (Lipinski definition) is 2. The third kappa shape index (κ3) is 1.55. The third-order valence-corrected chi connectivity index (χ3v) is 2.82. The molecule has 1 unspecified atom stereocenters. The van der Waals surface area contributed by atoms with E-state index in [0.29, 0.717) is 12.1 Å². The van der Waals surface area contributed by atoms with Crippen LogP contribution in [0.5, 0.6) is 0 Å². The lowest BCUT2D eigenvalue weighted by atomic mass is 9.92. The minimum Gasteiger partial charge on any atom is -0.398 e. The summed E-state index contributed by atoms with van der Waals surface area (Å²) in [7, 11) is 0. The first-order chi connectivity index (χ1) is 7.11. The number of benzene rings is 1. The Bertz CT molecular complexity index is 417. The Morgan fingerprint density at radius 1 is 1.60 bits per heavy atom. The first-order valence-electron chi connectivity index (χ1n) is 4.90. The van der Waals surface area contributed by atoms with Crippen molar-refractivity contribution in [2.75, 3.05) is 12.3 Å². The summed E-state index contributed by atoms with van der Waals surface area (Å²) in [6.45, 7) is 2.73. The molecule has 1 aliphatic rings. The van der Waals surface area contributed by atoms with Gasteiger partial charge in [0.2, 0.25) is 0 Å². The molecule has 0 fully saturated rings. The second-order valence-electron chi connectivity index (χ2n) is 3.75. The number of fused-ring (bicyclic) bond motifs is 1. The van der Waals surface area contributed by atoms with Gasteiger partial charge in [-0.2, -0.15) is 0 Å². The van der Waals surface area contributed by atoms with Crippen LogP contribution in [-0.2, 0) is 6.42 Å². The third-order valence-electron chi connectivity index (χ3n) is 2.82. The highest BCUT2D eigenvalue weighted by molar-refractivity contribution is 5.61. The van der Waals surface area contributed by atoms with Crippen LogP contribution in [0.1, 0.15) is 24.1 Å². The number of nitrogens with two attached hydrogens (primary N) is 1. The van der Waals surface area contributed by atoms with E-state index >= 15 is 0 Å². The van der Waals surface area contributed by atoms with Gasteiger partial charge in [0.25, 0.3) is 5.69 Å². The predicted molar refractivity (Wildman–Crippen MR) is 57.6 cm³/mol. The van der Waals surface area contributed by atoms with E-state index in [1.54, 1.807) is 6.07 Å². The number of nitrogens with one attached hydrogen (secondary N) is 1. The quantitative estimate of drug-likeness (QED) is 0.414. The molecule has 0 bridgehead atoms. The van der Waals surface area contributed by atoms with E-state index in [2.05, 4.69) is 5.32 Å². The van der Waals surface area contributed by atoms with Crippen LogP contribution in [-0.4, -0.2) is 11.5 Å². The maximum atomic E-state index is 10.8. The number of rotatable bonds is 1. The molecule has 1 aliphatic heterocycles. The summed E-state index contributed by atoms with van der Waals surface area (Å²) in [5, 5.41) is 14.1. The summed E-state index contributed by atoms with van der Waals surface area (Å²) in [6.07, 6.45) is 0.668. The van der Waals surface area contributed by atoms with Gasteiger partial charge in [0, 0.05) is 35.5 Å². The Kier molecular flexibility index (Phi) is 2.32. The van der Waals surface area contributed by atoms with Gasteiger partial charge in [0.05, 0.1) is 4.92 Å². The van der Waals surface area contributed by atoms with Crippen molar-refractivity contribution >= 4 is 11.4 Å². The van der Waals surface area contributed by atoms with E-state index in [1.165, 1.54) is 6.07 Å². The van der Waals surface area contributed by atoms with Crippen molar-refractivity contribution < 1.29 is 4.92 Å². The highest BCUT2D eigenvalue weighted by atomic mass is 16.6. The van der Waals surface area contributed by atoms with Gasteiger partial charge in [0.15, 0.2) is 0 Å². The topological polar surface area (TPSA) is 81.2 Å². The van der Waals surface area contributed by atoms with Crippen LogP contribution in [0.25, 0.3) is 0 Å². The van der Waals surface area contributed by atoms with Crippen LogP contribution >= 0.6 is 0 Å². The zero-order valence-electron chi connectivity index (χ0n) is 8.49. The van der Waals surface area contributed by atoms with E-state index in [4.69, 9.17) is 5.73 Å². The molecule has 0 radical (unpaired) electrons. The Morgan fingerprint density at radius 3 is 3.00 bits per heavy atom. The molecule has 0 aliphatic carbocycles. The number of nitrogens with zero attached hydrogens (tertiary/aromatic N) is 1. The van der Waals surface area contributed by atoms with Crippen LogP contribution in [0.2, 0.25) is 0 Å². The van der Waals surface area contributed by atoms with Crippen molar-refractivity contribution in [2.45, 2.75) is 19.4 Å². The Hall–Kier alpha value is -1.62. The molecule has 0 aromatic heterocycles. The van der Waals surface area contributed by atoms with Crippen molar-refractivity contribution in [3.8, 4) is 0 Å². The zero-order chi connectivity index (χ0) is 11.0. The Morgan fingerprint density at radius 2 is 2.33 bits per heavy atom. The van der Waals surface area contributed by atoms with Gasteiger partial charge >= 0.3 is 0 Å². The number of nitro groups is 1. The zero-order valence-corrected chi connectivity index (χ0v) is 8.49. The van der Waals surface area contributed by atoms with Crippen LogP contribution < -0.4 is 11.1 Å². The smallest absolute Gasteiger partial charge is 0.273 e. The average molecular weight is 207 g/mol. The van der Waals surface area contributed by atoms with Crippen molar-refractivity contribution in [3.63, 3.8) is 0 Å². The molecule has 1 heterocycles. The molecule has 0 amide bonds. The molecule has 1 atom stereocenters. The molecule has 5 heteroatoms. The molecular weight excluding hydrogens is 194 g/mol. The van der Waals surface area contributed by atoms with E-state index in [0.717, 1.165) is 17.7 Å². The van der Waals surface area contributed by atoms with Crippen LogP contribution in [0.4, 0.5) is 11.4 Å². The number of hydrogen-bond acceptors (Lipinski definition) is 4. The van der Waals surface area contributed by atoms with Crippen molar-refractivity contribution in [1.82, 2.24) is 5.32 Å². The van der Waals surface area contributed by atoms with Crippen LogP contribution in [0, 0.1) is 10.1 Å². The predicted octanol–water partition coefficient (Wildman–Crippen LogP) is 1.38. The van der Waals surface area contributed by atoms with E-state index < -0.39 is 0 Å². The largest absolute Gasteiger partial charge is 0.398 e. The van der Waals surface area contributed by atoms with Gasteiger partial charge in [0.1, 0.15) is 0 Å². The monoisotopic (exact) mass is 207 g/mol. The van der Waals surface area contributed by atoms with Crippen molar-refractivity contribution in [1.29, 1.82) is 0 Å². The van der Waals surface area contributed by atoms with E-state index in [9.17, 15) is 10.1 Å². The summed E-state index contributed by atoms with van der Waals surface area (Å²) < 4.78 is 0. The lowest BCUT2D eigenvalue weighted by Gasteiger charge is -2.24. The van der Waals surface area contributed by atoms with Gasteiger partial charge in [-0.1, -0.05) is 0 Å². The normalized spacial score (nSPS) is 19.7. The summed E-state index contributed by atoms with van der Waals surface area (Å²) in [5.74, 6) is 0. The molecule has 1 aromatic carbocycles. The Labute approximate surface area is 87.4 Å². The maximum absolute atomic E-state index is 10.8. The van der Waals surface area contributed by atoms with Gasteiger partial charge in [-0.25, -0.2) is 0 Å². The van der Waals surface area contributed by atoms with Crippen LogP contribution in [0.3, 0.4) is 0 Å². The van der Waals surface area contributed by atoms with Crippen molar-refractivity contribution in [2.24, 2.45) is 0 Å². The van der Waals surface area contributed by atoms with Gasteiger partial charge < -0.3 is 11.1 Å². The first-order valence-corrected chi connectivity index (χ1v) is 4.90. The highest BCUT2D eigenvalue weighted by Crippen LogP contribution is 2.34. The molecule has 1 aromatic rings. The lowest BCUT2D eigenvalue weighted by molar-refractivity contribution is -0.385. The molecule has 2 rings (SSSR count). The van der Waals surface area contributed by atoms with Gasteiger partial charge in [-0.3, -0.25) is 10.1 Å². The van der Waals surface area contributed by atoms with E-state index in [1.807, 2.05) is 6.92 Å². The van der Waals surface area contributed by atoms with Crippen LogP contribution in [0.15, 0.2) is 12.1 Å². The second kappa shape index (κ2) is 3.51. The summed E-state index contributed by atoms with van der Waals surface area (Å²) in [4.78, 5) is 10.5. The standard InChI is InChI=1S/C10H13N3O2/c1-6-10-7(4-5-12-6)9(13(14)15)3-2-8(10)11/h2-3,6,12H,4-5,11H2,1H3. The van der Waals surface area contributed by atoms with Gasteiger partial charge in [-0.05, 0) is 19.4 Å². The molecule has 5 nitrogen and oxygen atoms in total. The SMILES string of the molecule is CC1NCCc2c([N+](=O)[O-])ccc(N)c21. The molecule has 3 N–H and O–H groups in total. The highest BCUT2D eigenvalue weighted by Gasteiger charge is 2.25. The number of nitrogen functional groups attached to an aromatic ring is 1. The molecule has 0 saturated carbocycles. The average Bonchev–Trinajstić information content (AvgIpc) is 2.17. The van der Waals surface area contributed by atoms with Gasteiger partial charge in [-0.15, -0.1) is 0 Å². The maximum Gasteiger partial charge on any atom is 0.273 e. The molecule has 15 heavy (non-hydrogen) atoms. The number of anilines is 1. The fourth-order valence-corrected chi connectivity index (χ4v) is 2.13. The molecule has 80 valence electrons. The molecule has 0 saturated heterocycles.